The summed E-state index contributed by atoms with van der Waals surface area (Å²) in [5, 5.41) is 6.29. The van der Waals surface area contributed by atoms with Gasteiger partial charge in [0.1, 0.15) is 21.5 Å². The van der Waals surface area contributed by atoms with Crippen molar-refractivity contribution >= 4 is 22.7 Å². The Hall–Kier alpha value is -2.25. The summed E-state index contributed by atoms with van der Waals surface area (Å²) in [5.74, 6) is -1.26. The first-order valence-electron chi connectivity index (χ1n) is 9.31. The Kier molecular flexibility index (Phi) is 4.97. The Morgan fingerprint density at radius 3 is 2.89 bits per heavy atom. The van der Waals surface area contributed by atoms with Gasteiger partial charge in [0.25, 0.3) is 0 Å². The van der Waals surface area contributed by atoms with E-state index in [2.05, 4.69) is 5.10 Å². The second-order valence-corrected chi connectivity index (χ2v) is 8.56. The topological polar surface area (TPSA) is 58.7 Å². The summed E-state index contributed by atoms with van der Waals surface area (Å²) in [4.78, 5) is 12.3. The van der Waals surface area contributed by atoms with Crippen molar-refractivity contribution in [2.75, 3.05) is 0 Å². The van der Waals surface area contributed by atoms with E-state index in [0.29, 0.717) is 17.9 Å². The molecule has 2 unspecified atom stereocenters. The van der Waals surface area contributed by atoms with Crippen LogP contribution in [0.4, 0.5) is 8.78 Å². The quantitative estimate of drug-likeness (QED) is 0.838. The molecule has 0 bridgehead atoms. The number of nitrogens with two attached hydrogens (primary N) is 1. The molecule has 1 spiro atoms. The zero-order chi connectivity index (χ0) is 19.9. The van der Waals surface area contributed by atoms with Gasteiger partial charge in [-0.2, -0.15) is 5.10 Å². The molecule has 1 heterocycles. The molecule has 2 atom stereocenters. The fourth-order valence-electron chi connectivity index (χ4n) is 3.76. The summed E-state index contributed by atoms with van der Waals surface area (Å²) in [7, 11) is 0. The number of aryl methyl sites for hydroxylation is 1. The Labute approximate surface area is 166 Å². The van der Waals surface area contributed by atoms with Crippen LogP contribution in [0.2, 0.25) is 0 Å². The normalized spacial score (nSPS) is 21.7. The molecule has 1 amide bonds. The van der Waals surface area contributed by atoms with E-state index in [1.807, 2.05) is 31.2 Å². The highest BCUT2D eigenvalue weighted by Gasteiger charge is 2.52. The lowest BCUT2D eigenvalue weighted by Gasteiger charge is -2.32. The van der Waals surface area contributed by atoms with Gasteiger partial charge in [-0.05, 0) is 55.5 Å². The van der Waals surface area contributed by atoms with Gasteiger partial charge in [0.15, 0.2) is 0 Å². The Bertz CT molecular complexity index is 962. The van der Waals surface area contributed by atoms with Gasteiger partial charge in [-0.3, -0.25) is 4.79 Å². The third-order valence-corrected chi connectivity index (χ3v) is 6.61. The largest absolute Gasteiger partial charge is 0.328 e. The maximum Gasteiger partial charge on any atom is 0.244 e. The minimum Gasteiger partial charge on any atom is -0.328 e. The zero-order valence-corrected chi connectivity index (χ0v) is 16.3. The Morgan fingerprint density at radius 1 is 1.32 bits per heavy atom. The van der Waals surface area contributed by atoms with Crippen LogP contribution in [0.3, 0.4) is 0 Å². The molecule has 2 aromatic rings. The number of thioether (sulfide) groups is 1. The number of rotatable bonds is 4. The summed E-state index contributed by atoms with van der Waals surface area (Å²) in [6, 6.07) is 11.1. The summed E-state index contributed by atoms with van der Waals surface area (Å²) in [6.07, 6.45) is 2.26. The van der Waals surface area contributed by atoms with Gasteiger partial charge in [-0.15, -0.1) is 0 Å². The molecule has 146 valence electrons. The van der Waals surface area contributed by atoms with Crippen LogP contribution in [-0.4, -0.2) is 22.0 Å². The van der Waals surface area contributed by atoms with Gasteiger partial charge in [-0.1, -0.05) is 36.0 Å². The van der Waals surface area contributed by atoms with Crippen LogP contribution in [0.15, 0.2) is 47.6 Å². The highest BCUT2D eigenvalue weighted by Crippen LogP contribution is 2.55. The van der Waals surface area contributed by atoms with Crippen molar-refractivity contribution in [3.63, 3.8) is 0 Å². The van der Waals surface area contributed by atoms with Crippen LogP contribution >= 0.6 is 11.8 Å². The minimum absolute atomic E-state index is 0.0799. The number of hydrogen-bond acceptors (Lipinski definition) is 4. The Balaban J connectivity index is 1.77. The highest BCUT2D eigenvalue weighted by molar-refractivity contribution is 8.15. The molecule has 1 aliphatic carbocycles. The molecule has 7 heteroatoms. The maximum absolute atomic E-state index is 14.4. The van der Waals surface area contributed by atoms with Crippen LogP contribution < -0.4 is 5.73 Å². The van der Waals surface area contributed by atoms with E-state index in [1.165, 1.54) is 16.8 Å². The van der Waals surface area contributed by atoms with Gasteiger partial charge in [0.2, 0.25) is 5.91 Å². The summed E-state index contributed by atoms with van der Waals surface area (Å²) in [6.45, 7) is 1.85. The van der Waals surface area contributed by atoms with Crippen molar-refractivity contribution in [2.45, 2.75) is 43.5 Å². The van der Waals surface area contributed by atoms with E-state index in [0.717, 1.165) is 35.7 Å². The average molecular weight is 401 g/mol. The lowest BCUT2D eigenvalue weighted by Crippen LogP contribution is -2.40. The molecule has 1 aliphatic heterocycles. The standard InChI is InChI=1S/C21H21F2N3OS/c1-13(24)6-9-19(27)26-21(11-10-14-4-2-3-5-17(14)21)28-20(25-26)16-12-15(22)7-8-18(16)23/h2-5,7-8,12-13H,6,9-11,24H2,1H3. The molecule has 0 fully saturated rings. The predicted octanol–water partition coefficient (Wildman–Crippen LogP) is 4.13. The number of fused-ring (bicyclic) bond motifs is 2. The summed E-state index contributed by atoms with van der Waals surface area (Å²) < 4.78 is 28.1. The van der Waals surface area contributed by atoms with Gasteiger partial charge in [0, 0.05) is 18.0 Å². The molecule has 2 N–H and O–H groups in total. The zero-order valence-electron chi connectivity index (χ0n) is 15.5. The number of carbonyl (C=O) groups is 1. The molecule has 0 radical (unpaired) electrons. The number of benzene rings is 2. The lowest BCUT2D eigenvalue weighted by molar-refractivity contribution is -0.134. The van der Waals surface area contributed by atoms with Crippen molar-refractivity contribution in [2.24, 2.45) is 10.8 Å². The summed E-state index contributed by atoms with van der Waals surface area (Å²) in [5.41, 5.74) is 8.05. The molecule has 4 rings (SSSR count). The molecule has 2 aliphatic rings. The molecule has 2 aromatic carbocycles. The monoisotopic (exact) mass is 401 g/mol. The van der Waals surface area contributed by atoms with E-state index in [4.69, 9.17) is 5.73 Å². The van der Waals surface area contributed by atoms with Crippen molar-refractivity contribution in [3.05, 3.63) is 70.8 Å². The van der Waals surface area contributed by atoms with Gasteiger partial charge in [-0.25, -0.2) is 13.8 Å². The molecule has 4 nitrogen and oxygen atoms in total. The van der Waals surface area contributed by atoms with E-state index in [1.54, 1.807) is 0 Å². The number of carbonyl (C=O) groups excluding carboxylic acids is 1. The number of hydrazone groups is 1. The summed E-state index contributed by atoms with van der Waals surface area (Å²) >= 11 is 1.33. The lowest BCUT2D eigenvalue weighted by atomic mass is 10.1. The van der Waals surface area contributed by atoms with Crippen LogP contribution in [0.1, 0.15) is 42.9 Å². The third-order valence-electron chi connectivity index (χ3n) is 5.18. The molecule has 0 aromatic heterocycles. The molecular weight excluding hydrogens is 380 g/mol. The van der Waals surface area contributed by atoms with Crippen molar-refractivity contribution in [1.82, 2.24) is 5.01 Å². The molecule has 0 saturated heterocycles. The van der Waals surface area contributed by atoms with Crippen LogP contribution in [0, 0.1) is 11.6 Å². The fourth-order valence-corrected chi connectivity index (χ4v) is 5.21. The number of nitrogens with zero attached hydrogens (tertiary/aromatic N) is 2. The second-order valence-electron chi connectivity index (χ2n) is 7.29. The number of amides is 1. The first-order valence-corrected chi connectivity index (χ1v) is 10.1. The van der Waals surface area contributed by atoms with Gasteiger partial charge in [0.05, 0.1) is 0 Å². The van der Waals surface area contributed by atoms with E-state index in [9.17, 15) is 13.6 Å². The molecule has 0 saturated carbocycles. The van der Waals surface area contributed by atoms with Crippen molar-refractivity contribution in [3.8, 4) is 0 Å². The molecule has 28 heavy (non-hydrogen) atoms. The van der Waals surface area contributed by atoms with E-state index >= 15 is 0 Å². The fraction of sp³-hybridized carbons (Fsp3) is 0.333. The predicted molar refractivity (Wildman–Crippen MR) is 107 cm³/mol. The molecular formula is C21H21F2N3OS. The van der Waals surface area contributed by atoms with Crippen molar-refractivity contribution in [1.29, 1.82) is 0 Å². The smallest absolute Gasteiger partial charge is 0.244 e. The maximum atomic E-state index is 14.4. The number of halogens is 2. The number of hydrogen-bond donors (Lipinski definition) is 1. The highest BCUT2D eigenvalue weighted by atomic mass is 32.2. The van der Waals surface area contributed by atoms with E-state index < -0.39 is 16.5 Å². The van der Waals surface area contributed by atoms with Gasteiger partial charge >= 0.3 is 0 Å². The van der Waals surface area contributed by atoms with Gasteiger partial charge < -0.3 is 5.73 Å². The van der Waals surface area contributed by atoms with Crippen LogP contribution in [0.25, 0.3) is 0 Å². The average Bonchev–Trinajstić information content (AvgIpc) is 3.24. The van der Waals surface area contributed by atoms with Crippen LogP contribution in [0.5, 0.6) is 0 Å². The minimum atomic E-state index is -0.723. The van der Waals surface area contributed by atoms with Crippen LogP contribution in [-0.2, 0) is 16.1 Å². The van der Waals surface area contributed by atoms with Crippen molar-refractivity contribution < 1.29 is 13.6 Å². The SMILES string of the molecule is CC(N)CCC(=O)N1N=C(c2cc(F)ccc2F)SC12CCc1ccccc12. The Morgan fingerprint density at radius 2 is 2.11 bits per heavy atom. The van der Waals surface area contributed by atoms with E-state index in [-0.39, 0.29) is 23.9 Å². The first kappa shape index (κ1) is 19.1. The first-order chi connectivity index (χ1) is 13.4. The third kappa shape index (κ3) is 3.22. The second kappa shape index (κ2) is 7.29.